The normalized spacial score (nSPS) is 18.9. The number of anilines is 1. The number of aromatic nitrogens is 2. The number of rotatable bonds is 4. The second-order valence-corrected chi connectivity index (χ2v) is 5.53. The van der Waals surface area contributed by atoms with Crippen LogP contribution in [0.3, 0.4) is 0 Å². The van der Waals surface area contributed by atoms with E-state index < -0.39 is 6.04 Å². The molecule has 110 valence electrons. The highest BCUT2D eigenvalue weighted by molar-refractivity contribution is 9.10. The third-order valence-corrected chi connectivity index (χ3v) is 4.23. The molecule has 0 radical (unpaired) electrons. The number of hydrogen-bond donors (Lipinski definition) is 1. The summed E-state index contributed by atoms with van der Waals surface area (Å²) in [5.41, 5.74) is 0. The van der Waals surface area contributed by atoms with Crippen LogP contribution in [0, 0.1) is 0 Å². The quantitative estimate of drug-likeness (QED) is 0.824. The SMILES string of the molecule is CCCNC(=O)C1COCCN1c1ncnc(Cl)c1Br. The zero-order valence-corrected chi connectivity index (χ0v) is 13.4. The van der Waals surface area contributed by atoms with Gasteiger partial charge in [-0.05, 0) is 22.4 Å². The van der Waals surface area contributed by atoms with Crippen LogP contribution >= 0.6 is 27.5 Å². The van der Waals surface area contributed by atoms with Gasteiger partial charge in [0.1, 0.15) is 23.3 Å². The molecule has 1 fully saturated rings. The molecule has 0 aliphatic carbocycles. The molecule has 1 amide bonds. The predicted octanol–water partition coefficient (Wildman–Crippen LogP) is 1.62. The highest BCUT2D eigenvalue weighted by atomic mass is 79.9. The number of carbonyl (C=O) groups is 1. The number of nitrogens with one attached hydrogen (secondary N) is 1. The molecule has 0 spiro atoms. The van der Waals surface area contributed by atoms with Gasteiger partial charge in [0, 0.05) is 13.1 Å². The molecule has 2 rings (SSSR count). The summed E-state index contributed by atoms with van der Waals surface area (Å²) in [4.78, 5) is 22.2. The second kappa shape index (κ2) is 7.19. The van der Waals surface area contributed by atoms with Crippen LogP contribution in [-0.2, 0) is 9.53 Å². The average molecular weight is 364 g/mol. The Balaban J connectivity index is 2.22. The molecule has 1 saturated heterocycles. The van der Waals surface area contributed by atoms with Gasteiger partial charge in [0.15, 0.2) is 0 Å². The summed E-state index contributed by atoms with van der Waals surface area (Å²) in [6.45, 7) is 4.12. The fourth-order valence-electron chi connectivity index (χ4n) is 1.98. The molecule has 2 heterocycles. The lowest BCUT2D eigenvalue weighted by Crippen LogP contribution is -2.54. The molecule has 0 saturated carbocycles. The summed E-state index contributed by atoms with van der Waals surface area (Å²) in [6, 6.07) is -0.405. The van der Waals surface area contributed by atoms with Crippen LogP contribution in [0.5, 0.6) is 0 Å². The molecular formula is C12H16BrClN4O2. The van der Waals surface area contributed by atoms with Crippen molar-refractivity contribution in [3.05, 3.63) is 16.0 Å². The largest absolute Gasteiger partial charge is 0.377 e. The molecule has 8 heteroatoms. The minimum atomic E-state index is -0.405. The van der Waals surface area contributed by atoms with Gasteiger partial charge in [0.2, 0.25) is 5.91 Å². The van der Waals surface area contributed by atoms with Gasteiger partial charge in [0.05, 0.1) is 17.7 Å². The van der Waals surface area contributed by atoms with E-state index in [2.05, 4.69) is 31.2 Å². The topological polar surface area (TPSA) is 67.3 Å². The minimum absolute atomic E-state index is 0.0619. The van der Waals surface area contributed by atoms with E-state index in [0.29, 0.717) is 41.7 Å². The van der Waals surface area contributed by atoms with Crippen LogP contribution < -0.4 is 10.2 Å². The van der Waals surface area contributed by atoms with Crippen molar-refractivity contribution in [3.63, 3.8) is 0 Å². The number of nitrogens with zero attached hydrogens (tertiary/aromatic N) is 3. The Kier molecular flexibility index (Phi) is 5.56. The summed E-state index contributed by atoms with van der Waals surface area (Å²) < 4.78 is 6.01. The maximum atomic E-state index is 12.2. The number of morpholine rings is 1. The van der Waals surface area contributed by atoms with Crippen LogP contribution in [0.1, 0.15) is 13.3 Å². The molecule has 1 aliphatic heterocycles. The average Bonchev–Trinajstić information content (AvgIpc) is 2.47. The van der Waals surface area contributed by atoms with Gasteiger partial charge < -0.3 is 15.0 Å². The smallest absolute Gasteiger partial charge is 0.245 e. The lowest BCUT2D eigenvalue weighted by Gasteiger charge is -2.35. The lowest BCUT2D eigenvalue weighted by atomic mass is 10.2. The first-order chi connectivity index (χ1) is 9.65. The molecule has 20 heavy (non-hydrogen) atoms. The van der Waals surface area contributed by atoms with E-state index >= 15 is 0 Å². The van der Waals surface area contributed by atoms with Crippen molar-refractivity contribution in [1.82, 2.24) is 15.3 Å². The molecule has 1 aromatic rings. The van der Waals surface area contributed by atoms with Crippen LogP contribution in [0.15, 0.2) is 10.8 Å². The Bertz CT molecular complexity index is 489. The highest BCUT2D eigenvalue weighted by Crippen LogP contribution is 2.31. The molecule has 1 atom stereocenters. The van der Waals surface area contributed by atoms with Crippen LogP contribution in [0.25, 0.3) is 0 Å². The van der Waals surface area contributed by atoms with Gasteiger partial charge in [-0.2, -0.15) is 0 Å². The first kappa shape index (κ1) is 15.5. The first-order valence-electron chi connectivity index (χ1n) is 6.43. The number of amides is 1. The Hall–Kier alpha value is -0.920. The Morgan fingerprint density at radius 1 is 1.65 bits per heavy atom. The zero-order valence-electron chi connectivity index (χ0n) is 11.1. The summed E-state index contributed by atoms with van der Waals surface area (Å²) >= 11 is 9.36. The van der Waals surface area contributed by atoms with E-state index in [1.165, 1.54) is 6.33 Å². The van der Waals surface area contributed by atoms with Crippen molar-refractivity contribution in [2.45, 2.75) is 19.4 Å². The summed E-state index contributed by atoms with van der Waals surface area (Å²) in [5.74, 6) is 0.554. The molecular weight excluding hydrogens is 348 g/mol. The van der Waals surface area contributed by atoms with Crippen molar-refractivity contribution in [2.24, 2.45) is 0 Å². The zero-order chi connectivity index (χ0) is 14.5. The third kappa shape index (κ3) is 3.39. The Morgan fingerprint density at radius 3 is 3.20 bits per heavy atom. The van der Waals surface area contributed by atoms with E-state index in [9.17, 15) is 4.79 Å². The Morgan fingerprint density at radius 2 is 2.45 bits per heavy atom. The standard InChI is InChI=1S/C12H16BrClN4O2/c1-2-3-15-12(19)8-6-20-5-4-18(8)11-9(13)10(14)16-7-17-11/h7-8H,2-6H2,1H3,(H,15,19). The third-order valence-electron chi connectivity index (χ3n) is 2.98. The van der Waals surface area contributed by atoms with E-state index in [1.54, 1.807) is 0 Å². The van der Waals surface area contributed by atoms with Crippen molar-refractivity contribution in [3.8, 4) is 0 Å². The van der Waals surface area contributed by atoms with Crippen molar-refractivity contribution in [2.75, 3.05) is 31.2 Å². The first-order valence-corrected chi connectivity index (χ1v) is 7.60. The van der Waals surface area contributed by atoms with Crippen LogP contribution in [0.4, 0.5) is 5.82 Å². The summed E-state index contributed by atoms with van der Waals surface area (Å²) in [7, 11) is 0. The molecule has 1 unspecified atom stereocenters. The second-order valence-electron chi connectivity index (χ2n) is 4.38. The predicted molar refractivity (Wildman–Crippen MR) is 80.0 cm³/mol. The van der Waals surface area contributed by atoms with Gasteiger partial charge in [-0.25, -0.2) is 9.97 Å². The van der Waals surface area contributed by atoms with E-state index in [1.807, 2.05) is 11.8 Å². The van der Waals surface area contributed by atoms with Gasteiger partial charge in [0.25, 0.3) is 0 Å². The summed E-state index contributed by atoms with van der Waals surface area (Å²) in [6.07, 6.45) is 2.28. The fraction of sp³-hybridized carbons (Fsp3) is 0.583. The molecule has 6 nitrogen and oxygen atoms in total. The molecule has 1 N–H and O–H groups in total. The van der Waals surface area contributed by atoms with E-state index in [0.717, 1.165) is 6.42 Å². The summed E-state index contributed by atoms with van der Waals surface area (Å²) in [5, 5.41) is 3.21. The number of ether oxygens (including phenoxy) is 1. The fourth-order valence-corrected chi connectivity index (χ4v) is 2.54. The molecule has 0 bridgehead atoms. The van der Waals surface area contributed by atoms with Gasteiger partial charge >= 0.3 is 0 Å². The molecule has 1 aliphatic rings. The van der Waals surface area contributed by atoms with E-state index in [4.69, 9.17) is 16.3 Å². The lowest BCUT2D eigenvalue weighted by molar-refractivity contribution is -0.124. The van der Waals surface area contributed by atoms with E-state index in [-0.39, 0.29) is 5.91 Å². The van der Waals surface area contributed by atoms with Crippen LogP contribution in [0.2, 0.25) is 5.15 Å². The van der Waals surface area contributed by atoms with Crippen molar-refractivity contribution >= 4 is 39.3 Å². The number of halogens is 2. The molecule has 0 aromatic carbocycles. The highest BCUT2D eigenvalue weighted by Gasteiger charge is 2.31. The van der Waals surface area contributed by atoms with Gasteiger partial charge in [-0.15, -0.1) is 0 Å². The van der Waals surface area contributed by atoms with Gasteiger partial charge in [-0.3, -0.25) is 4.79 Å². The number of hydrogen-bond acceptors (Lipinski definition) is 5. The van der Waals surface area contributed by atoms with Crippen molar-refractivity contribution < 1.29 is 9.53 Å². The monoisotopic (exact) mass is 362 g/mol. The maximum absolute atomic E-state index is 12.2. The maximum Gasteiger partial charge on any atom is 0.245 e. The van der Waals surface area contributed by atoms with Crippen LogP contribution in [-0.4, -0.2) is 48.2 Å². The number of carbonyl (C=O) groups excluding carboxylic acids is 1. The Labute approximate surface area is 131 Å². The van der Waals surface area contributed by atoms with Gasteiger partial charge in [-0.1, -0.05) is 18.5 Å². The van der Waals surface area contributed by atoms with Crippen molar-refractivity contribution in [1.29, 1.82) is 0 Å². The molecule has 1 aromatic heterocycles. The minimum Gasteiger partial charge on any atom is -0.377 e.